The molecule has 1 aliphatic rings. The Labute approximate surface area is 60.6 Å². The fourth-order valence-electron chi connectivity index (χ4n) is 1.61. The molecule has 1 saturated carbocycles. The lowest BCUT2D eigenvalue weighted by Gasteiger charge is -2.21. The van der Waals surface area contributed by atoms with Crippen LogP contribution in [0.4, 0.5) is 0 Å². The summed E-state index contributed by atoms with van der Waals surface area (Å²) >= 11 is 0. The van der Waals surface area contributed by atoms with Gasteiger partial charge < -0.3 is 0 Å². The van der Waals surface area contributed by atoms with Gasteiger partial charge in [0, 0.05) is 17.3 Å². The molecular formula is C7H13NO2. The number of nitro groups is 1. The Hall–Kier alpha value is -0.600. The van der Waals surface area contributed by atoms with Crippen LogP contribution in [0.5, 0.6) is 0 Å². The van der Waals surface area contributed by atoms with E-state index in [1.54, 1.807) is 0 Å². The van der Waals surface area contributed by atoms with Crippen LogP contribution in [-0.2, 0) is 0 Å². The quantitative estimate of drug-likeness (QED) is 0.415. The lowest BCUT2D eigenvalue weighted by Crippen LogP contribution is -2.30. The number of hydrogen-bond acceptors (Lipinski definition) is 2. The van der Waals surface area contributed by atoms with Crippen molar-refractivity contribution in [2.24, 2.45) is 5.92 Å². The SMILES string of the molecule is C[C@@H]1CCCC[C@@H]1[N+](=O)[O-]. The molecule has 1 fully saturated rings. The van der Waals surface area contributed by atoms with E-state index in [0.29, 0.717) is 5.92 Å². The van der Waals surface area contributed by atoms with Gasteiger partial charge in [-0.25, -0.2) is 0 Å². The molecule has 0 bridgehead atoms. The Morgan fingerprint density at radius 3 is 2.40 bits per heavy atom. The first-order chi connectivity index (χ1) is 4.72. The molecule has 2 atom stereocenters. The summed E-state index contributed by atoms with van der Waals surface area (Å²) in [5, 5.41) is 10.4. The average molecular weight is 143 g/mol. The highest BCUT2D eigenvalue weighted by atomic mass is 16.6. The topological polar surface area (TPSA) is 43.1 Å². The van der Waals surface area contributed by atoms with Crippen molar-refractivity contribution in [3.8, 4) is 0 Å². The number of rotatable bonds is 1. The average Bonchev–Trinajstić information content (AvgIpc) is 1.88. The van der Waals surface area contributed by atoms with Crippen molar-refractivity contribution >= 4 is 0 Å². The molecule has 0 heterocycles. The highest BCUT2D eigenvalue weighted by Gasteiger charge is 2.29. The minimum absolute atomic E-state index is 0.121. The summed E-state index contributed by atoms with van der Waals surface area (Å²) in [6.45, 7) is 1.98. The molecular weight excluding hydrogens is 130 g/mol. The predicted molar refractivity (Wildman–Crippen MR) is 38.4 cm³/mol. The van der Waals surface area contributed by atoms with Gasteiger partial charge in [-0.05, 0) is 12.8 Å². The monoisotopic (exact) mass is 143 g/mol. The Bertz CT molecular complexity index is 136. The molecule has 0 amide bonds. The van der Waals surface area contributed by atoms with Crippen LogP contribution in [-0.4, -0.2) is 11.0 Å². The third kappa shape index (κ3) is 1.46. The van der Waals surface area contributed by atoms with Gasteiger partial charge in [-0.15, -0.1) is 0 Å². The van der Waals surface area contributed by atoms with Crippen molar-refractivity contribution in [2.75, 3.05) is 0 Å². The zero-order valence-electron chi connectivity index (χ0n) is 6.25. The minimum atomic E-state index is -0.256. The van der Waals surface area contributed by atoms with Gasteiger partial charge >= 0.3 is 0 Å². The fourth-order valence-corrected chi connectivity index (χ4v) is 1.61. The maximum Gasteiger partial charge on any atom is 0.215 e. The number of hydrogen-bond donors (Lipinski definition) is 0. The van der Waals surface area contributed by atoms with Crippen LogP contribution in [0.25, 0.3) is 0 Å². The maximum atomic E-state index is 10.4. The molecule has 3 nitrogen and oxygen atoms in total. The van der Waals surface area contributed by atoms with Crippen molar-refractivity contribution in [2.45, 2.75) is 38.6 Å². The second-order valence-electron chi connectivity index (χ2n) is 3.11. The van der Waals surface area contributed by atoms with Crippen molar-refractivity contribution in [3.05, 3.63) is 10.1 Å². The molecule has 0 unspecified atom stereocenters. The summed E-state index contributed by atoms with van der Waals surface area (Å²) in [4.78, 5) is 10.2. The van der Waals surface area contributed by atoms with Gasteiger partial charge in [0.15, 0.2) is 0 Å². The largest absolute Gasteiger partial charge is 0.264 e. The van der Waals surface area contributed by atoms with Gasteiger partial charge in [-0.1, -0.05) is 13.3 Å². The predicted octanol–water partition coefficient (Wildman–Crippen LogP) is 1.84. The molecule has 0 aromatic heterocycles. The second kappa shape index (κ2) is 2.99. The van der Waals surface area contributed by atoms with Crippen LogP contribution >= 0.6 is 0 Å². The van der Waals surface area contributed by atoms with Gasteiger partial charge in [-0.2, -0.15) is 0 Å². The summed E-state index contributed by atoms with van der Waals surface area (Å²) in [5.74, 6) is 0.295. The zero-order valence-corrected chi connectivity index (χ0v) is 6.25. The molecule has 0 N–H and O–H groups in total. The van der Waals surface area contributed by atoms with Crippen LogP contribution in [0.2, 0.25) is 0 Å². The first-order valence-corrected chi connectivity index (χ1v) is 3.85. The molecule has 0 aromatic rings. The third-order valence-electron chi connectivity index (χ3n) is 2.34. The summed E-state index contributed by atoms with van der Waals surface area (Å²) in [6, 6.07) is -0.256. The van der Waals surface area contributed by atoms with Crippen LogP contribution in [0, 0.1) is 16.0 Å². The number of nitrogens with zero attached hydrogens (tertiary/aromatic N) is 1. The van der Waals surface area contributed by atoms with Gasteiger partial charge in [-0.3, -0.25) is 10.1 Å². The van der Waals surface area contributed by atoms with E-state index in [1.165, 1.54) is 6.42 Å². The molecule has 0 aliphatic heterocycles. The first-order valence-electron chi connectivity index (χ1n) is 3.85. The molecule has 10 heavy (non-hydrogen) atoms. The van der Waals surface area contributed by atoms with E-state index >= 15 is 0 Å². The Morgan fingerprint density at radius 1 is 1.40 bits per heavy atom. The Morgan fingerprint density at radius 2 is 2.00 bits per heavy atom. The maximum absolute atomic E-state index is 10.4. The highest BCUT2D eigenvalue weighted by molar-refractivity contribution is 4.70. The molecule has 0 spiro atoms. The van der Waals surface area contributed by atoms with Crippen LogP contribution in [0.1, 0.15) is 32.6 Å². The van der Waals surface area contributed by atoms with E-state index in [-0.39, 0.29) is 11.0 Å². The van der Waals surface area contributed by atoms with Crippen LogP contribution < -0.4 is 0 Å². The van der Waals surface area contributed by atoms with Crippen LogP contribution in [0.15, 0.2) is 0 Å². The van der Waals surface area contributed by atoms with E-state index < -0.39 is 0 Å². The summed E-state index contributed by atoms with van der Waals surface area (Å²) < 4.78 is 0. The third-order valence-corrected chi connectivity index (χ3v) is 2.34. The van der Waals surface area contributed by atoms with Gasteiger partial charge in [0.25, 0.3) is 0 Å². The highest BCUT2D eigenvalue weighted by Crippen LogP contribution is 2.25. The molecule has 0 aromatic carbocycles. The van der Waals surface area contributed by atoms with Gasteiger partial charge in [0.2, 0.25) is 6.04 Å². The Balaban J connectivity index is 2.47. The summed E-state index contributed by atoms with van der Waals surface area (Å²) in [5.41, 5.74) is 0. The van der Waals surface area contributed by atoms with Gasteiger partial charge in [0.05, 0.1) is 0 Å². The standard InChI is InChI=1S/C7H13NO2/c1-6-4-2-3-5-7(6)8(9)10/h6-7H,2-5H2,1H3/t6-,7+/m1/s1. The molecule has 0 saturated heterocycles. The van der Waals surface area contributed by atoms with E-state index in [9.17, 15) is 10.1 Å². The fraction of sp³-hybridized carbons (Fsp3) is 1.00. The first kappa shape index (κ1) is 7.51. The lowest BCUT2D eigenvalue weighted by atomic mass is 9.86. The molecule has 58 valence electrons. The van der Waals surface area contributed by atoms with Gasteiger partial charge in [0.1, 0.15) is 0 Å². The minimum Gasteiger partial charge on any atom is -0.264 e. The van der Waals surface area contributed by atoms with E-state index in [1.807, 2.05) is 6.92 Å². The molecule has 0 radical (unpaired) electrons. The summed E-state index contributed by atoms with van der Waals surface area (Å²) in [7, 11) is 0. The molecule has 3 heteroatoms. The van der Waals surface area contributed by atoms with E-state index in [0.717, 1.165) is 19.3 Å². The van der Waals surface area contributed by atoms with Crippen molar-refractivity contribution in [3.63, 3.8) is 0 Å². The molecule has 1 aliphatic carbocycles. The van der Waals surface area contributed by atoms with Crippen molar-refractivity contribution in [1.29, 1.82) is 0 Å². The van der Waals surface area contributed by atoms with Crippen molar-refractivity contribution < 1.29 is 4.92 Å². The van der Waals surface area contributed by atoms with E-state index in [2.05, 4.69) is 0 Å². The zero-order chi connectivity index (χ0) is 7.56. The molecule has 1 rings (SSSR count). The van der Waals surface area contributed by atoms with Crippen LogP contribution in [0.3, 0.4) is 0 Å². The normalized spacial score (nSPS) is 33.7. The Kier molecular flexibility index (Phi) is 2.25. The lowest BCUT2D eigenvalue weighted by molar-refractivity contribution is -0.534. The van der Waals surface area contributed by atoms with E-state index in [4.69, 9.17) is 0 Å². The second-order valence-corrected chi connectivity index (χ2v) is 3.11. The smallest absolute Gasteiger partial charge is 0.215 e. The van der Waals surface area contributed by atoms with Crippen molar-refractivity contribution in [1.82, 2.24) is 0 Å². The summed E-state index contributed by atoms with van der Waals surface area (Å²) in [6.07, 6.45) is 4.03.